The molecule has 0 saturated heterocycles. The van der Waals surface area contributed by atoms with Crippen LogP contribution in [0, 0.1) is 17.1 Å². The first kappa shape index (κ1) is 22.5. The van der Waals surface area contributed by atoms with E-state index >= 15 is 0 Å². The quantitative estimate of drug-likeness (QED) is 0.361. The van der Waals surface area contributed by atoms with Crippen LogP contribution in [0.1, 0.15) is 11.1 Å². The minimum atomic E-state index is -0.397. The van der Waals surface area contributed by atoms with Crippen LogP contribution in [-0.4, -0.2) is 26.4 Å². The van der Waals surface area contributed by atoms with Gasteiger partial charge in [-0.1, -0.05) is 65.8 Å². The van der Waals surface area contributed by atoms with E-state index in [0.717, 1.165) is 5.56 Å². The Hall–Kier alpha value is -3.67. The van der Waals surface area contributed by atoms with Gasteiger partial charge in [-0.2, -0.15) is 5.26 Å². The number of carbonyl (C=O) groups excluding carboxylic acids is 1. The maximum absolute atomic E-state index is 14.5. The molecule has 1 amide bonds. The minimum Gasteiger partial charge on any atom is -0.325 e. The zero-order valence-corrected chi connectivity index (χ0v) is 18.8. The van der Waals surface area contributed by atoms with Crippen LogP contribution >= 0.6 is 23.4 Å². The normalized spacial score (nSPS) is 10.6. The van der Waals surface area contributed by atoms with Gasteiger partial charge in [-0.05, 0) is 35.9 Å². The summed E-state index contributed by atoms with van der Waals surface area (Å²) in [5.41, 5.74) is 2.15. The van der Waals surface area contributed by atoms with Crippen molar-refractivity contribution in [3.8, 4) is 17.5 Å². The van der Waals surface area contributed by atoms with E-state index in [9.17, 15) is 9.18 Å². The average Bonchev–Trinajstić information content (AvgIpc) is 3.21. The third kappa shape index (κ3) is 5.40. The maximum Gasteiger partial charge on any atom is 0.234 e. The molecule has 164 valence electrons. The Morgan fingerprint density at radius 1 is 1.09 bits per heavy atom. The number of benzene rings is 3. The van der Waals surface area contributed by atoms with Gasteiger partial charge >= 0.3 is 0 Å². The molecule has 4 aromatic rings. The van der Waals surface area contributed by atoms with Crippen LogP contribution < -0.4 is 5.32 Å². The van der Waals surface area contributed by atoms with Gasteiger partial charge in [-0.3, -0.25) is 9.36 Å². The highest BCUT2D eigenvalue weighted by atomic mass is 35.5. The predicted molar refractivity (Wildman–Crippen MR) is 126 cm³/mol. The van der Waals surface area contributed by atoms with Crippen molar-refractivity contribution in [2.45, 2.75) is 11.7 Å². The Balaban J connectivity index is 1.54. The standard InChI is InChI=1S/C24H17ClFN5OS/c25-20-12-18(11-10-17(20)13-27)28-22(32)15-33-24-30-29-23(19-8-4-5-9-21(19)26)31(24)14-16-6-2-1-3-7-16/h1-12H,14-15H2,(H,28,32). The van der Waals surface area contributed by atoms with E-state index in [1.54, 1.807) is 34.9 Å². The van der Waals surface area contributed by atoms with Crippen molar-refractivity contribution < 1.29 is 9.18 Å². The fourth-order valence-corrected chi connectivity index (χ4v) is 4.12. The number of amides is 1. The van der Waals surface area contributed by atoms with Crippen molar-refractivity contribution in [3.05, 3.63) is 94.8 Å². The van der Waals surface area contributed by atoms with Crippen LogP contribution in [0.3, 0.4) is 0 Å². The fraction of sp³-hybridized carbons (Fsp3) is 0.0833. The SMILES string of the molecule is N#Cc1ccc(NC(=O)CSc2nnc(-c3ccccc3F)n2Cc2ccccc2)cc1Cl. The fourth-order valence-electron chi connectivity index (χ4n) is 3.16. The molecule has 0 atom stereocenters. The second kappa shape index (κ2) is 10.3. The van der Waals surface area contributed by atoms with Crippen molar-refractivity contribution in [2.24, 2.45) is 0 Å². The van der Waals surface area contributed by atoms with Gasteiger partial charge in [0.05, 0.1) is 28.4 Å². The highest BCUT2D eigenvalue weighted by molar-refractivity contribution is 7.99. The van der Waals surface area contributed by atoms with Gasteiger partial charge < -0.3 is 5.32 Å². The van der Waals surface area contributed by atoms with Crippen LogP contribution in [0.5, 0.6) is 0 Å². The summed E-state index contributed by atoms with van der Waals surface area (Å²) in [6.45, 7) is 0.423. The molecule has 0 aliphatic rings. The lowest BCUT2D eigenvalue weighted by Gasteiger charge is -2.11. The number of nitriles is 1. The molecule has 1 heterocycles. The van der Waals surface area contributed by atoms with E-state index < -0.39 is 5.82 Å². The summed E-state index contributed by atoms with van der Waals surface area (Å²) >= 11 is 7.22. The number of rotatable bonds is 7. The Morgan fingerprint density at radius 2 is 1.85 bits per heavy atom. The van der Waals surface area contributed by atoms with E-state index in [4.69, 9.17) is 16.9 Å². The van der Waals surface area contributed by atoms with Gasteiger partial charge in [0.15, 0.2) is 11.0 Å². The zero-order valence-electron chi connectivity index (χ0n) is 17.2. The number of carbonyl (C=O) groups is 1. The summed E-state index contributed by atoms with van der Waals surface area (Å²) < 4.78 is 16.3. The lowest BCUT2D eigenvalue weighted by Crippen LogP contribution is -2.15. The molecule has 6 nitrogen and oxygen atoms in total. The molecule has 1 N–H and O–H groups in total. The highest BCUT2D eigenvalue weighted by Crippen LogP contribution is 2.27. The summed E-state index contributed by atoms with van der Waals surface area (Å²) in [6.07, 6.45) is 0. The Labute approximate surface area is 199 Å². The number of anilines is 1. The summed E-state index contributed by atoms with van der Waals surface area (Å²) in [4.78, 5) is 12.5. The summed E-state index contributed by atoms with van der Waals surface area (Å²) in [5, 5.41) is 20.9. The van der Waals surface area contributed by atoms with E-state index in [1.165, 1.54) is 23.9 Å². The van der Waals surface area contributed by atoms with Gasteiger partial charge in [-0.15, -0.1) is 10.2 Å². The third-order valence-corrected chi connectivity index (χ3v) is 6.00. The monoisotopic (exact) mass is 477 g/mol. The molecule has 0 bridgehead atoms. The molecule has 0 radical (unpaired) electrons. The number of hydrogen-bond donors (Lipinski definition) is 1. The molecule has 3 aromatic carbocycles. The first-order valence-electron chi connectivity index (χ1n) is 9.89. The maximum atomic E-state index is 14.5. The average molecular weight is 478 g/mol. The highest BCUT2D eigenvalue weighted by Gasteiger charge is 2.18. The predicted octanol–water partition coefficient (Wildman–Crippen LogP) is 5.39. The Morgan fingerprint density at radius 3 is 2.58 bits per heavy atom. The molecule has 0 unspecified atom stereocenters. The molecule has 0 aliphatic carbocycles. The van der Waals surface area contributed by atoms with Gasteiger partial charge in [0.1, 0.15) is 11.9 Å². The zero-order chi connectivity index (χ0) is 23.2. The van der Waals surface area contributed by atoms with Crippen molar-refractivity contribution in [2.75, 3.05) is 11.1 Å². The van der Waals surface area contributed by atoms with E-state index in [-0.39, 0.29) is 16.7 Å². The number of hydrogen-bond acceptors (Lipinski definition) is 5. The summed E-state index contributed by atoms with van der Waals surface area (Å²) in [5.74, 6) is -0.227. The molecule has 0 aliphatic heterocycles. The van der Waals surface area contributed by atoms with Crippen LogP contribution in [0.4, 0.5) is 10.1 Å². The van der Waals surface area contributed by atoms with Gasteiger partial charge in [0.25, 0.3) is 0 Å². The Kier molecular flexibility index (Phi) is 7.03. The molecule has 0 fully saturated rings. The van der Waals surface area contributed by atoms with Gasteiger partial charge in [0.2, 0.25) is 5.91 Å². The number of nitrogens with zero attached hydrogens (tertiary/aromatic N) is 4. The van der Waals surface area contributed by atoms with E-state index in [0.29, 0.717) is 34.3 Å². The van der Waals surface area contributed by atoms with Crippen molar-refractivity contribution in [1.29, 1.82) is 5.26 Å². The molecule has 4 rings (SSSR count). The van der Waals surface area contributed by atoms with Gasteiger partial charge in [-0.25, -0.2) is 4.39 Å². The lowest BCUT2D eigenvalue weighted by atomic mass is 10.2. The third-order valence-electron chi connectivity index (χ3n) is 4.72. The van der Waals surface area contributed by atoms with Crippen molar-refractivity contribution in [3.63, 3.8) is 0 Å². The molecular formula is C24H17ClFN5OS. The number of thioether (sulfide) groups is 1. The molecule has 33 heavy (non-hydrogen) atoms. The minimum absolute atomic E-state index is 0.0574. The van der Waals surface area contributed by atoms with Crippen LogP contribution in [-0.2, 0) is 11.3 Å². The first-order chi connectivity index (χ1) is 16.0. The van der Waals surface area contributed by atoms with Crippen molar-refractivity contribution >= 4 is 35.0 Å². The van der Waals surface area contributed by atoms with Crippen LogP contribution in [0.25, 0.3) is 11.4 Å². The summed E-state index contributed by atoms with van der Waals surface area (Å²) in [7, 11) is 0. The number of nitrogens with one attached hydrogen (secondary N) is 1. The van der Waals surface area contributed by atoms with E-state index in [2.05, 4.69) is 15.5 Å². The molecule has 9 heteroatoms. The molecule has 0 saturated carbocycles. The molecule has 1 aromatic heterocycles. The number of aromatic nitrogens is 3. The second-order valence-corrected chi connectivity index (χ2v) is 8.35. The smallest absolute Gasteiger partial charge is 0.234 e. The topological polar surface area (TPSA) is 83.6 Å². The number of halogens is 2. The van der Waals surface area contributed by atoms with Crippen molar-refractivity contribution in [1.82, 2.24) is 14.8 Å². The molecule has 0 spiro atoms. The molecular weight excluding hydrogens is 461 g/mol. The summed E-state index contributed by atoms with van der Waals surface area (Å²) in [6, 6.07) is 22.7. The lowest BCUT2D eigenvalue weighted by molar-refractivity contribution is -0.113. The van der Waals surface area contributed by atoms with Gasteiger partial charge in [0, 0.05) is 5.69 Å². The second-order valence-electron chi connectivity index (χ2n) is 7.00. The van der Waals surface area contributed by atoms with E-state index in [1.807, 2.05) is 36.4 Å². The first-order valence-corrected chi connectivity index (χ1v) is 11.3. The largest absolute Gasteiger partial charge is 0.325 e. The van der Waals surface area contributed by atoms with Crippen LogP contribution in [0.15, 0.2) is 78.0 Å². The van der Waals surface area contributed by atoms with Crippen LogP contribution in [0.2, 0.25) is 5.02 Å². The Bertz CT molecular complexity index is 1340.